The number of benzene rings is 1. The van der Waals surface area contributed by atoms with Gasteiger partial charge in [-0.1, -0.05) is 56.4 Å². The van der Waals surface area contributed by atoms with Gasteiger partial charge in [0, 0.05) is 25.1 Å². The van der Waals surface area contributed by atoms with Gasteiger partial charge in [0.2, 0.25) is 11.8 Å². The lowest BCUT2D eigenvalue weighted by atomic mass is 9.86. The Morgan fingerprint density at radius 1 is 1.07 bits per heavy atom. The van der Waals surface area contributed by atoms with Crippen molar-refractivity contribution in [3.8, 4) is 0 Å². The summed E-state index contributed by atoms with van der Waals surface area (Å²) in [5, 5.41) is 10.4. The first-order chi connectivity index (χ1) is 13.5. The summed E-state index contributed by atoms with van der Waals surface area (Å²) in [6, 6.07) is 6.94. The SMILES string of the molecule is N=C(N)c1ccc(CNC(=O)[C@@H]2CCCN2C(=O)CCC2CCCCC2)cc1. The van der Waals surface area contributed by atoms with Gasteiger partial charge in [0.15, 0.2) is 0 Å². The predicted octanol–water partition coefficient (Wildman–Crippen LogP) is 2.94. The van der Waals surface area contributed by atoms with Crippen LogP contribution in [-0.2, 0) is 16.1 Å². The average molecular weight is 385 g/mol. The third kappa shape index (κ3) is 5.33. The predicted molar refractivity (Wildman–Crippen MR) is 110 cm³/mol. The highest BCUT2D eigenvalue weighted by Gasteiger charge is 2.33. The minimum atomic E-state index is -0.338. The van der Waals surface area contributed by atoms with Crippen molar-refractivity contribution < 1.29 is 9.59 Å². The molecule has 1 aliphatic heterocycles. The molecule has 1 aromatic carbocycles. The van der Waals surface area contributed by atoms with Gasteiger partial charge in [-0.25, -0.2) is 0 Å². The first-order valence-electron chi connectivity index (χ1n) is 10.5. The molecule has 6 nitrogen and oxygen atoms in total. The molecular formula is C22H32N4O2. The molecule has 1 heterocycles. The number of nitrogens with one attached hydrogen (secondary N) is 2. The summed E-state index contributed by atoms with van der Waals surface area (Å²) in [4.78, 5) is 27.1. The van der Waals surface area contributed by atoms with E-state index in [2.05, 4.69) is 5.32 Å². The molecule has 2 aliphatic rings. The van der Waals surface area contributed by atoms with E-state index in [1.807, 2.05) is 12.1 Å². The van der Waals surface area contributed by atoms with E-state index in [4.69, 9.17) is 11.1 Å². The Kier molecular flexibility index (Phi) is 7.06. The topological polar surface area (TPSA) is 99.3 Å². The Balaban J connectivity index is 1.47. The van der Waals surface area contributed by atoms with Crippen LogP contribution in [0.2, 0.25) is 0 Å². The molecule has 152 valence electrons. The molecule has 1 saturated carbocycles. The Labute approximate surface area is 167 Å². The van der Waals surface area contributed by atoms with Crippen LogP contribution >= 0.6 is 0 Å². The normalized spacial score (nSPS) is 20.1. The maximum atomic E-state index is 12.7. The number of likely N-dealkylation sites (tertiary alicyclic amines) is 1. The van der Waals surface area contributed by atoms with Gasteiger partial charge in [-0.05, 0) is 30.7 Å². The molecular weight excluding hydrogens is 352 g/mol. The van der Waals surface area contributed by atoms with Crippen LogP contribution in [0.1, 0.15) is 68.9 Å². The van der Waals surface area contributed by atoms with Gasteiger partial charge in [-0.2, -0.15) is 0 Å². The average Bonchev–Trinajstić information content (AvgIpc) is 3.21. The number of rotatable bonds is 7. The number of amides is 2. The van der Waals surface area contributed by atoms with Crippen molar-refractivity contribution in [3.63, 3.8) is 0 Å². The summed E-state index contributed by atoms with van der Waals surface area (Å²) in [7, 11) is 0. The molecule has 1 atom stereocenters. The van der Waals surface area contributed by atoms with Crippen LogP contribution < -0.4 is 11.1 Å². The van der Waals surface area contributed by atoms with Gasteiger partial charge in [0.1, 0.15) is 11.9 Å². The minimum absolute atomic E-state index is 0.0314. The molecule has 0 unspecified atom stereocenters. The van der Waals surface area contributed by atoms with Crippen LogP contribution in [0.25, 0.3) is 0 Å². The second-order valence-electron chi connectivity index (χ2n) is 8.12. The van der Waals surface area contributed by atoms with Gasteiger partial charge in [-0.3, -0.25) is 15.0 Å². The molecule has 0 radical (unpaired) electrons. The zero-order valence-electron chi connectivity index (χ0n) is 16.6. The molecule has 0 aromatic heterocycles. The first kappa shape index (κ1) is 20.4. The Morgan fingerprint density at radius 2 is 1.79 bits per heavy atom. The van der Waals surface area contributed by atoms with E-state index in [9.17, 15) is 9.59 Å². The summed E-state index contributed by atoms with van der Waals surface area (Å²) in [6.07, 6.45) is 9.58. The van der Waals surface area contributed by atoms with Crippen molar-refractivity contribution >= 4 is 17.6 Å². The number of nitrogens with zero attached hydrogens (tertiary/aromatic N) is 1. The van der Waals surface area contributed by atoms with E-state index < -0.39 is 0 Å². The molecule has 2 amide bonds. The smallest absolute Gasteiger partial charge is 0.243 e. The maximum absolute atomic E-state index is 12.7. The Hall–Kier alpha value is -2.37. The van der Waals surface area contributed by atoms with Crippen LogP contribution in [0.4, 0.5) is 0 Å². The highest BCUT2D eigenvalue weighted by molar-refractivity contribution is 5.94. The minimum Gasteiger partial charge on any atom is -0.384 e. The molecule has 2 fully saturated rings. The molecule has 1 aromatic rings. The fraction of sp³-hybridized carbons (Fsp3) is 0.591. The molecule has 1 aliphatic carbocycles. The molecule has 0 spiro atoms. The number of nitrogen functional groups attached to an aromatic ring is 1. The largest absolute Gasteiger partial charge is 0.384 e. The number of carbonyl (C=O) groups is 2. The monoisotopic (exact) mass is 384 g/mol. The zero-order valence-corrected chi connectivity index (χ0v) is 16.6. The highest BCUT2D eigenvalue weighted by Crippen LogP contribution is 2.28. The van der Waals surface area contributed by atoms with Crippen LogP contribution in [0, 0.1) is 11.3 Å². The van der Waals surface area contributed by atoms with Crippen molar-refractivity contribution in [3.05, 3.63) is 35.4 Å². The third-order valence-electron chi connectivity index (χ3n) is 6.10. The standard InChI is InChI=1S/C22H32N4O2/c23-21(24)18-11-8-17(9-12-18)15-25-22(28)19-7-4-14-26(19)20(27)13-10-16-5-2-1-3-6-16/h8-9,11-12,16,19H,1-7,10,13-15H2,(H3,23,24)(H,25,28)/t19-/m0/s1. The van der Waals surface area contributed by atoms with Gasteiger partial charge < -0.3 is 16.0 Å². The molecule has 28 heavy (non-hydrogen) atoms. The zero-order chi connectivity index (χ0) is 19.9. The summed E-state index contributed by atoms with van der Waals surface area (Å²) >= 11 is 0. The fourth-order valence-electron chi connectivity index (χ4n) is 4.39. The van der Waals surface area contributed by atoms with Crippen LogP contribution in [-0.4, -0.2) is 35.1 Å². The molecule has 4 N–H and O–H groups in total. The fourth-order valence-corrected chi connectivity index (χ4v) is 4.39. The van der Waals surface area contributed by atoms with E-state index in [-0.39, 0.29) is 23.7 Å². The van der Waals surface area contributed by atoms with E-state index in [1.165, 1.54) is 32.1 Å². The van der Waals surface area contributed by atoms with Crippen LogP contribution in [0.5, 0.6) is 0 Å². The van der Waals surface area contributed by atoms with Crippen molar-refractivity contribution in [1.29, 1.82) is 5.41 Å². The van der Waals surface area contributed by atoms with Gasteiger partial charge in [-0.15, -0.1) is 0 Å². The lowest BCUT2D eigenvalue weighted by Gasteiger charge is -2.26. The number of hydrogen-bond acceptors (Lipinski definition) is 3. The summed E-state index contributed by atoms with van der Waals surface area (Å²) in [5.41, 5.74) is 7.08. The number of hydrogen-bond donors (Lipinski definition) is 3. The first-order valence-corrected chi connectivity index (χ1v) is 10.5. The molecule has 3 rings (SSSR count). The van der Waals surface area contributed by atoms with Gasteiger partial charge in [0.25, 0.3) is 0 Å². The van der Waals surface area contributed by atoms with E-state index in [0.717, 1.165) is 24.8 Å². The van der Waals surface area contributed by atoms with E-state index >= 15 is 0 Å². The van der Waals surface area contributed by atoms with Crippen LogP contribution in [0.15, 0.2) is 24.3 Å². The number of amidine groups is 1. The van der Waals surface area contributed by atoms with Gasteiger partial charge >= 0.3 is 0 Å². The molecule has 1 saturated heterocycles. The molecule has 0 bridgehead atoms. The molecule has 6 heteroatoms. The Morgan fingerprint density at radius 3 is 2.46 bits per heavy atom. The second-order valence-corrected chi connectivity index (χ2v) is 8.12. The summed E-state index contributed by atoms with van der Waals surface area (Å²) in [5.74, 6) is 0.780. The van der Waals surface area contributed by atoms with Crippen LogP contribution in [0.3, 0.4) is 0 Å². The second kappa shape index (κ2) is 9.71. The lowest BCUT2D eigenvalue weighted by molar-refractivity contribution is -0.138. The van der Waals surface area contributed by atoms with Crippen molar-refractivity contribution in [1.82, 2.24) is 10.2 Å². The number of carbonyl (C=O) groups excluding carboxylic acids is 2. The summed E-state index contributed by atoms with van der Waals surface area (Å²) in [6.45, 7) is 1.10. The quantitative estimate of drug-likeness (QED) is 0.498. The summed E-state index contributed by atoms with van der Waals surface area (Å²) < 4.78 is 0. The Bertz CT molecular complexity index is 695. The maximum Gasteiger partial charge on any atom is 0.243 e. The number of nitrogens with two attached hydrogens (primary N) is 1. The van der Waals surface area contributed by atoms with E-state index in [0.29, 0.717) is 31.0 Å². The van der Waals surface area contributed by atoms with Gasteiger partial charge in [0.05, 0.1) is 0 Å². The van der Waals surface area contributed by atoms with Crippen molar-refractivity contribution in [2.24, 2.45) is 11.7 Å². The highest BCUT2D eigenvalue weighted by atomic mass is 16.2. The van der Waals surface area contributed by atoms with Crippen molar-refractivity contribution in [2.75, 3.05) is 6.54 Å². The lowest BCUT2D eigenvalue weighted by Crippen LogP contribution is -2.45. The third-order valence-corrected chi connectivity index (χ3v) is 6.10. The van der Waals surface area contributed by atoms with E-state index in [1.54, 1.807) is 17.0 Å². The van der Waals surface area contributed by atoms with Crippen molar-refractivity contribution in [2.45, 2.75) is 70.4 Å².